The number of carbonyl (C=O) groups is 2. The Balaban J connectivity index is 2.83. The van der Waals surface area contributed by atoms with Crippen molar-refractivity contribution in [1.82, 2.24) is 5.32 Å². The lowest BCUT2D eigenvalue weighted by molar-refractivity contribution is -0.120. The molecule has 5 heteroatoms. The number of rotatable bonds is 7. The monoisotopic (exact) mass is 265 g/mol. The van der Waals surface area contributed by atoms with Crippen LogP contribution in [0.5, 0.6) is 5.75 Å². The molecule has 19 heavy (non-hydrogen) atoms. The van der Waals surface area contributed by atoms with Crippen LogP contribution in [0.15, 0.2) is 18.2 Å². The van der Waals surface area contributed by atoms with E-state index in [4.69, 9.17) is 9.84 Å². The SMILES string of the molecule is CCCNC(=O)Cc1ccc(C(=O)O)c(OCC)c1. The van der Waals surface area contributed by atoms with Crippen molar-refractivity contribution in [2.24, 2.45) is 0 Å². The molecule has 0 fully saturated rings. The molecule has 1 amide bonds. The molecule has 0 saturated heterocycles. The highest BCUT2D eigenvalue weighted by Gasteiger charge is 2.13. The number of amides is 1. The smallest absolute Gasteiger partial charge is 0.339 e. The third-order valence-electron chi connectivity index (χ3n) is 2.51. The van der Waals surface area contributed by atoms with Crippen molar-refractivity contribution in [1.29, 1.82) is 0 Å². The van der Waals surface area contributed by atoms with E-state index in [2.05, 4.69) is 5.32 Å². The van der Waals surface area contributed by atoms with E-state index in [9.17, 15) is 9.59 Å². The maximum atomic E-state index is 11.6. The number of nitrogens with one attached hydrogen (secondary N) is 1. The van der Waals surface area contributed by atoms with Gasteiger partial charge < -0.3 is 15.2 Å². The Morgan fingerprint density at radius 3 is 2.63 bits per heavy atom. The van der Waals surface area contributed by atoms with Gasteiger partial charge in [0.2, 0.25) is 5.91 Å². The van der Waals surface area contributed by atoms with Crippen LogP contribution >= 0.6 is 0 Å². The highest BCUT2D eigenvalue weighted by Crippen LogP contribution is 2.21. The molecule has 0 aliphatic carbocycles. The lowest BCUT2D eigenvalue weighted by atomic mass is 10.1. The van der Waals surface area contributed by atoms with Crippen molar-refractivity contribution in [3.8, 4) is 5.75 Å². The Labute approximate surface area is 112 Å². The molecule has 0 spiro atoms. The zero-order valence-corrected chi connectivity index (χ0v) is 11.2. The van der Waals surface area contributed by atoms with Crippen molar-refractivity contribution < 1.29 is 19.4 Å². The molecule has 0 saturated carbocycles. The zero-order valence-electron chi connectivity index (χ0n) is 11.2. The van der Waals surface area contributed by atoms with Crippen LogP contribution in [-0.4, -0.2) is 30.1 Å². The molecule has 0 heterocycles. The number of hydrogen-bond donors (Lipinski definition) is 2. The van der Waals surface area contributed by atoms with Gasteiger partial charge in [0.05, 0.1) is 13.0 Å². The van der Waals surface area contributed by atoms with Crippen molar-refractivity contribution in [3.63, 3.8) is 0 Å². The van der Waals surface area contributed by atoms with E-state index in [1.165, 1.54) is 6.07 Å². The molecule has 5 nitrogen and oxygen atoms in total. The van der Waals surface area contributed by atoms with Gasteiger partial charge in [-0.3, -0.25) is 4.79 Å². The topological polar surface area (TPSA) is 75.6 Å². The lowest BCUT2D eigenvalue weighted by Gasteiger charge is -2.09. The van der Waals surface area contributed by atoms with Gasteiger partial charge in [0.25, 0.3) is 0 Å². The second-order valence-corrected chi connectivity index (χ2v) is 4.10. The highest BCUT2D eigenvalue weighted by atomic mass is 16.5. The summed E-state index contributed by atoms with van der Waals surface area (Å²) >= 11 is 0. The third kappa shape index (κ3) is 4.62. The lowest BCUT2D eigenvalue weighted by Crippen LogP contribution is -2.25. The van der Waals surface area contributed by atoms with Crippen molar-refractivity contribution in [2.75, 3.05) is 13.2 Å². The maximum absolute atomic E-state index is 11.6. The molecule has 0 aromatic heterocycles. The first-order chi connectivity index (χ1) is 9.08. The minimum Gasteiger partial charge on any atom is -0.493 e. The van der Waals surface area contributed by atoms with Crippen LogP contribution in [-0.2, 0) is 11.2 Å². The van der Waals surface area contributed by atoms with Crippen molar-refractivity contribution >= 4 is 11.9 Å². The fourth-order valence-corrected chi connectivity index (χ4v) is 1.64. The van der Waals surface area contributed by atoms with Crippen molar-refractivity contribution in [3.05, 3.63) is 29.3 Å². The first-order valence-electron chi connectivity index (χ1n) is 6.34. The maximum Gasteiger partial charge on any atom is 0.339 e. The Bertz CT molecular complexity index is 457. The van der Waals surface area contributed by atoms with E-state index in [1.54, 1.807) is 19.1 Å². The second-order valence-electron chi connectivity index (χ2n) is 4.10. The van der Waals surface area contributed by atoms with Crippen LogP contribution in [0.25, 0.3) is 0 Å². The predicted octanol–water partition coefficient (Wildman–Crippen LogP) is 1.85. The van der Waals surface area contributed by atoms with Gasteiger partial charge in [0.1, 0.15) is 11.3 Å². The van der Waals surface area contributed by atoms with Gasteiger partial charge >= 0.3 is 5.97 Å². The zero-order chi connectivity index (χ0) is 14.3. The molecule has 0 unspecified atom stereocenters. The molecular formula is C14H19NO4. The van der Waals surface area contributed by atoms with Crippen LogP contribution < -0.4 is 10.1 Å². The molecule has 1 aromatic carbocycles. The van der Waals surface area contributed by atoms with Crippen LogP contribution in [0, 0.1) is 0 Å². The quantitative estimate of drug-likeness (QED) is 0.789. The largest absolute Gasteiger partial charge is 0.493 e. The summed E-state index contributed by atoms with van der Waals surface area (Å²) in [6.07, 6.45) is 1.11. The standard InChI is InChI=1S/C14H19NO4/c1-3-7-15-13(16)9-10-5-6-11(14(17)18)12(8-10)19-4-2/h5-6,8H,3-4,7,9H2,1-2H3,(H,15,16)(H,17,18). The molecule has 0 aliphatic rings. The summed E-state index contributed by atoms with van der Waals surface area (Å²) in [6.45, 7) is 4.79. The molecule has 0 radical (unpaired) electrons. The van der Waals surface area contributed by atoms with E-state index in [0.29, 0.717) is 18.9 Å². The van der Waals surface area contributed by atoms with Gasteiger partial charge in [-0.15, -0.1) is 0 Å². The minimum absolute atomic E-state index is 0.0765. The molecule has 104 valence electrons. The normalized spacial score (nSPS) is 10.0. The number of aromatic carboxylic acids is 1. The average molecular weight is 265 g/mol. The molecule has 0 atom stereocenters. The van der Waals surface area contributed by atoms with E-state index >= 15 is 0 Å². The first-order valence-corrected chi connectivity index (χ1v) is 6.34. The summed E-state index contributed by atoms with van der Waals surface area (Å²) in [5.74, 6) is -0.811. The molecule has 1 aromatic rings. The number of carboxylic acid groups (broad SMARTS) is 1. The second kappa shape index (κ2) is 7.41. The van der Waals surface area contributed by atoms with Gasteiger partial charge in [-0.25, -0.2) is 4.79 Å². The van der Waals surface area contributed by atoms with Crippen LogP contribution in [0.3, 0.4) is 0 Å². The Hall–Kier alpha value is -2.04. The van der Waals surface area contributed by atoms with E-state index < -0.39 is 5.97 Å². The van der Waals surface area contributed by atoms with Crippen LogP contribution in [0.2, 0.25) is 0 Å². The number of ether oxygens (including phenoxy) is 1. The molecule has 0 bridgehead atoms. The van der Waals surface area contributed by atoms with E-state index in [-0.39, 0.29) is 17.9 Å². The molecule has 1 rings (SSSR count). The summed E-state index contributed by atoms with van der Waals surface area (Å²) in [4.78, 5) is 22.6. The Kier molecular flexibility index (Phi) is 5.85. The summed E-state index contributed by atoms with van der Waals surface area (Å²) < 4.78 is 5.29. The van der Waals surface area contributed by atoms with Crippen molar-refractivity contribution in [2.45, 2.75) is 26.7 Å². The number of benzene rings is 1. The number of hydrogen-bond acceptors (Lipinski definition) is 3. The average Bonchev–Trinajstić information content (AvgIpc) is 2.36. The van der Waals surface area contributed by atoms with Gasteiger partial charge in [0, 0.05) is 6.54 Å². The molecule has 2 N–H and O–H groups in total. The summed E-state index contributed by atoms with van der Waals surface area (Å²) in [7, 11) is 0. The fourth-order valence-electron chi connectivity index (χ4n) is 1.64. The highest BCUT2D eigenvalue weighted by molar-refractivity contribution is 5.91. The third-order valence-corrected chi connectivity index (χ3v) is 2.51. The van der Waals surface area contributed by atoms with Gasteiger partial charge in [-0.05, 0) is 31.0 Å². The minimum atomic E-state index is -1.04. The fraction of sp³-hybridized carbons (Fsp3) is 0.429. The van der Waals surface area contributed by atoms with E-state index in [0.717, 1.165) is 12.0 Å². The number of carboxylic acids is 1. The summed E-state index contributed by atoms with van der Waals surface area (Å²) in [5.41, 5.74) is 0.849. The van der Waals surface area contributed by atoms with E-state index in [1.807, 2.05) is 6.92 Å². The molecular weight excluding hydrogens is 246 g/mol. The Morgan fingerprint density at radius 1 is 1.32 bits per heavy atom. The Morgan fingerprint density at radius 2 is 2.05 bits per heavy atom. The van der Waals surface area contributed by atoms with Crippen LogP contribution in [0.4, 0.5) is 0 Å². The number of carbonyl (C=O) groups excluding carboxylic acids is 1. The predicted molar refractivity (Wildman–Crippen MR) is 71.6 cm³/mol. The van der Waals surface area contributed by atoms with Gasteiger partial charge in [-0.1, -0.05) is 13.0 Å². The molecule has 0 aliphatic heterocycles. The van der Waals surface area contributed by atoms with Crippen LogP contribution in [0.1, 0.15) is 36.2 Å². The summed E-state index contributed by atoms with van der Waals surface area (Å²) in [5, 5.41) is 11.8. The van der Waals surface area contributed by atoms with Gasteiger partial charge in [0.15, 0.2) is 0 Å². The summed E-state index contributed by atoms with van der Waals surface area (Å²) in [6, 6.07) is 4.71. The first kappa shape index (κ1) is 15.0. The van der Waals surface area contributed by atoms with Gasteiger partial charge in [-0.2, -0.15) is 0 Å².